The van der Waals surface area contributed by atoms with Crippen LogP contribution in [-0.4, -0.2) is 41.9 Å². The molecule has 4 amide bonds. The standard InChI is InChI=1S/C20H24N4O4/c25-18(23-20(27)22-12-15-6-2-1-3-7-15)14-24-10-4-9-17(24)19(26)21-13-16-8-5-11-28-16/h1-3,5-8,11,17H,4,9-10,12-14H2,(H,21,26)(H2,22,23,25,27). The summed E-state index contributed by atoms with van der Waals surface area (Å²) in [6.07, 6.45) is 3.06. The zero-order valence-corrected chi connectivity index (χ0v) is 15.5. The van der Waals surface area contributed by atoms with E-state index in [0.717, 1.165) is 12.0 Å². The minimum absolute atomic E-state index is 0.00239. The van der Waals surface area contributed by atoms with Crippen molar-refractivity contribution in [3.05, 3.63) is 60.1 Å². The predicted octanol–water partition coefficient (Wildman–Crippen LogP) is 1.39. The van der Waals surface area contributed by atoms with Crippen molar-refractivity contribution in [1.29, 1.82) is 0 Å². The number of carbonyl (C=O) groups excluding carboxylic acids is 3. The fraction of sp³-hybridized carbons (Fsp3) is 0.350. The summed E-state index contributed by atoms with van der Waals surface area (Å²) < 4.78 is 5.20. The Balaban J connectivity index is 1.41. The van der Waals surface area contributed by atoms with Crippen molar-refractivity contribution in [3.8, 4) is 0 Å². The normalized spacial score (nSPS) is 16.5. The Hall–Kier alpha value is -3.13. The molecule has 0 aliphatic carbocycles. The highest BCUT2D eigenvalue weighted by Gasteiger charge is 2.32. The first-order chi connectivity index (χ1) is 13.6. The SMILES string of the molecule is O=C(CN1CCCC1C(=O)NCc1ccco1)NC(=O)NCc1ccccc1. The maximum absolute atomic E-state index is 12.4. The largest absolute Gasteiger partial charge is 0.467 e. The summed E-state index contributed by atoms with van der Waals surface area (Å²) in [6, 6.07) is 12.0. The first-order valence-corrected chi connectivity index (χ1v) is 9.27. The topological polar surface area (TPSA) is 104 Å². The molecule has 8 heteroatoms. The van der Waals surface area contributed by atoms with E-state index in [1.54, 1.807) is 23.3 Å². The highest BCUT2D eigenvalue weighted by atomic mass is 16.3. The summed E-state index contributed by atoms with van der Waals surface area (Å²) >= 11 is 0. The molecule has 1 aromatic heterocycles. The monoisotopic (exact) mass is 384 g/mol. The van der Waals surface area contributed by atoms with E-state index >= 15 is 0 Å². The van der Waals surface area contributed by atoms with E-state index in [0.29, 0.717) is 31.8 Å². The second-order valence-electron chi connectivity index (χ2n) is 6.64. The molecule has 1 aromatic carbocycles. The smallest absolute Gasteiger partial charge is 0.321 e. The van der Waals surface area contributed by atoms with Crippen LogP contribution in [0.25, 0.3) is 0 Å². The summed E-state index contributed by atoms with van der Waals surface area (Å²) in [5.41, 5.74) is 0.943. The number of carbonyl (C=O) groups is 3. The van der Waals surface area contributed by atoms with E-state index in [1.807, 2.05) is 30.3 Å². The van der Waals surface area contributed by atoms with E-state index in [2.05, 4.69) is 16.0 Å². The number of nitrogens with zero attached hydrogens (tertiary/aromatic N) is 1. The summed E-state index contributed by atoms with van der Waals surface area (Å²) in [5.74, 6) is 0.0947. The summed E-state index contributed by atoms with van der Waals surface area (Å²) in [5, 5.41) is 7.78. The zero-order valence-electron chi connectivity index (χ0n) is 15.5. The van der Waals surface area contributed by atoms with Gasteiger partial charge in [0.25, 0.3) is 0 Å². The molecule has 0 saturated carbocycles. The molecule has 3 rings (SSSR count). The lowest BCUT2D eigenvalue weighted by atomic mass is 10.2. The van der Waals surface area contributed by atoms with Gasteiger partial charge in [0.05, 0.1) is 25.4 Å². The highest BCUT2D eigenvalue weighted by Crippen LogP contribution is 2.17. The molecule has 1 aliphatic heterocycles. The fourth-order valence-electron chi connectivity index (χ4n) is 3.19. The molecule has 1 saturated heterocycles. The van der Waals surface area contributed by atoms with Gasteiger partial charge in [0.1, 0.15) is 5.76 Å². The molecule has 8 nitrogen and oxygen atoms in total. The average Bonchev–Trinajstić information content (AvgIpc) is 3.37. The molecule has 1 fully saturated rings. The molecule has 3 N–H and O–H groups in total. The molecule has 1 unspecified atom stereocenters. The van der Waals surface area contributed by atoms with Crippen LogP contribution >= 0.6 is 0 Å². The van der Waals surface area contributed by atoms with Gasteiger partial charge in [-0.05, 0) is 37.1 Å². The number of likely N-dealkylation sites (tertiary alicyclic amines) is 1. The first kappa shape index (κ1) is 19.6. The van der Waals surface area contributed by atoms with Crippen molar-refractivity contribution in [1.82, 2.24) is 20.9 Å². The molecule has 0 radical (unpaired) electrons. The molecule has 2 heterocycles. The number of urea groups is 1. The Morgan fingerprint density at radius 3 is 2.61 bits per heavy atom. The average molecular weight is 384 g/mol. The van der Waals surface area contributed by atoms with Gasteiger partial charge in [-0.15, -0.1) is 0 Å². The van der Waals surface area contributed by atoms with E-state index in [1.165, 1.54) is 0 Å². The molecule has 0 spiro atoms. The van der Waals surface area contributed by atoms with Crippen molar-refractivity contribution in [2.75, 3.05) is 13.1 Å². The van der Waals surface area contributed by atoms with Gasteiger partial charge in [0, 0.05) is 6.54 Å². The Kier molecular flexibility index (Phi) is 6.80. The van der Waals surface area contributed by atoms with Gasteiger partial charge in [-0.1, -0.05) is 30.3 Å². The van der Waals surface area contributed by atoms with Crippen LogP contribution in [0.5, 0.6) is 0 Å². The summed E-state index contributed by atoms with van der Waals surface area (Å²) in [7, 11) is 0. The third-order valence-electron chi connectivity index (χ3n) is 4.58. The Morgan fingerprint density at radius 1 is 1.04 bits per heavy atom. The van der Waals surface area contributed by atoms with Gasteiger partial charge in [-0.25, -0.2) is 4.79 Å². The zero-order chi connectivity index (χ0) is 19.8. The van der Waals surface area contributed by atoms with Crippen LogP contribution in [0.15, 0.2) is 53.1 Å². The maximum atomic E-state index is 12.4. The quantitative estimate of drug-likeness (QED) is 0.669. The van der Waals surface area contributed by atoms with Crippen molar-refractivity contribution >= 4 is 17.8 Å². The highest BCUT2D eigenvalue weighted by molar-refractivity contribution is 5.95. The molecule has 28 heavy (non-hydrogen) atoms. The van der Waals surface area contributed by atoms with Crippen molar-refractivity contribution in [2.24, 2.45) is 0 Å². The van der Waals surface area contributed by atoms with Crippen LogP contribution in [0.1, 0.15) is 24.2 Å². The number of furan rings is 1. The third kappa shape index (κ3) is 5.68. The number of amides is 4. The molecule has 148 valence electrons. The molecular weight excluding hydrogens is 360 g/mol. The van der Waals surface area contributed by atoms with Crippen LogP contribution in [0, 0.1) is 0 Å². The lowest BCUT2D eigenvalue weighted by Crippen LogP contribution is -2.49. The minimum Gasteiger partial charge on any atom is -0.467 e. The van der Waals surface area contributed by atoms with Gasteiger partial charge < -0.3 is 15.1 Å². The van der Waals surface area contributed by atoms with Gasteiger partial charge >= 0.3 is 6.03 Å². The number of hydrogen-bond donors (Lipinski definition) is 3. The number of rotatable bonds is 7. The Morgan fingerprint density at radius 2 is 1.86 bits per heavy atom. The molecule has 0 bridgehead atoms. The number of imide groups is 1. The second kappa shape index (κ2) is 9.70. The van der Waals surface area contributed by atoms with E-state index < -0.39 is 11.9 Å². The van der Waals surface area contributed by atoms with Crippen molar-refractivity contribution in [3.63, 3.8) is 0 Å². The van der Waals surface area contributed by atoms with Crippen LogP contribution in [-0.2, 0) is 22.7 Å². The third-order valence-corrected chi connectivity index (χ3v) is 4.58. The van der Waals surface area contributed by atoms with Gasteiger partial charge in [0.2, 0.25) is 11.8 Å². The molecule has 1 atom stereocenters. The first-order valence-electron chi connectivity index (χ1n) is 9.27. The van der Waals surface area contributed by atoms with Crippen LogP contribution < -0.4 is 16.0 Å². The van der Waals surface area contributed by atoms with E-state index in [-0.39, 0.29) is 18.5 Å². The van der Waals surface area contributed by atoms with E-state index in [4.69, 9.17) is 4.42 Å². The van der Waals surface area contributed by atoms with Crippen molar-refractivity contribution < 1.29 is 18.8 Å². The lowest BCUT2D eigenvalue weighted by Gasteiger charge is -2.22. The van der Waals surface area contributed by atoms with Crippen LogP contribution in [0.4, 0.5) is 4.79 Å². The van der Waals surface area contributed by atoms with Crippen molar-refractivity contribution in [2.45, 2.75) is 32.0 Å². The molecule has 2 aromatic rings. The van der Waals surface area contributed by atoms with Gasteiger partial charge in [-0.3, -0.25) is 19.8 Å². The Bertz CT molecular complexity index is 792. The summed E-state index contributed by atoms with van der Waals surface area (Å²) in [4.78, 5) is 38.3. The van der Waals surface area contributed by atoms with Crippen LogP contribution in [0.2, 0.25) is 0 Å². The second-order valence-corrected chi connectivity index (χ2v) is 6.64. The van der Waals surface area contributed by atoms with Gasteiger partial charge in [-0.2, -0.15) is 0 Å². The number of hydrogen-bond acceptors (Lipinski definition) is 5. The van der Waals surface area contributed by atoms with E-state index in [9.17, 15) is 14.4 Å². The number of nitrogens with one attached hydrogen (secondary N) is 3. The lowest BCUT2D eigenvalue weighted by molar-refractivity contribution is -0.127. The number of benzene rings is 1. The predicted molar refractivity (Wildman–Crippen MR) is 102 cm³/mol. The molecular formula is C20H24N4O4. The molecule has 1 aliphatic rings. The van der Waals surface area contributed by atoms with Gasteiger partial charge in [0.15, 0.2) is 0 Å². The van der Waals surface area contributed by atoms with Crippen LogP contribution in [0.3, 0.4) is 0 Å². The Labute approximate surface area is 163 Å². The maximum Gasteiger partial charge on any atom is 0.321 e. The summed E-state index contributed by atoms with van der Waals surface area (Å²) in [6.45, 7) is 1.28. The minimum atomic E-state index is -0.549. The fourth-order valence-corrected chi connectivity index (χ4v) is 3.19.